The molecule has 63 heavy (non-hydrogen) atoms. The average Bonchev–Trinajstić information content (AvgIpc) is 3.89. The maximum atomic E-state index is 14.5. The second-order valence-corrected chi connectivity index (χ2v) is 17.7. The Bertz CT molecular complexity index is 2400. The third-order valence-electron chi connectivity index (χ3n) is 13.9. The largest absolute Gasteiger partial charge is 0.493 e. The number of benzene rings is 2. The van der Waals surface area contributed by atoms with Gasteiger partial charge in [0.15, 0.2) is 28.7 Å². The van der Waals surface area contributed by atoms with Gasteiger partial charge in [-0.15, -0.1) is 0 Å². The quantitative estimate of drug-likeness (QED) is 0.147. The Balaban J connectivity index is 0.850. The molecule has 3 amide bonds. The van der Waals surface area contributed by atoms with Crippen molar-refractivity contribution in [3.8, 4) is 45.8 Å². The van der Waals surface area contributed by atoms with Crippen molar-refractivity contribution >= 4 is 34.7 Å². The highest BCUT2D eigenvalue weighted by Crippen LogP contribution is 2.49. The lowest BCUT2D eigenvalue weighted by atomic mass is 9.73. The van der Waals surface area contributed by atoms with Crippen LogP contribution in [0.2, 0.25) is 0 Å². The number of nitrogens with one attached hydrogen (secondary N) is 2. The van der Waals surface area contributed by atoms with Crippen molar-refractivity contribution in [2.24, 2.45) is 28.8 Å². The number of methoxy groups -OCH3 is 2. The predicted octanol–water partition coefficient (Wildman–Crippen LogP) is 7.24. The summed E-state index contributed by atoms with van der Waals surface area (Å²) in [6.07, 6.45) is 14.2. The van der Waals surface area contributed by atoms with Crippen LogP contribution in [0, 0.1) is 23.7 Å². The van der Waals surface area contributed by atoms with Gasteiger partial charge in [-0.3, -0.25) is 9.59 Å². The molecule has 6 aliphatic rings. The lowest BCUT2D eigenvalue weighted by Gasteiger charge is -2.44. The summed E-state index contributed by atoms with van der Waals surface area (Å²) in [6, 6.07) is 8.61. The summed E-state index contributed by atoms with van der Waals surface area (Å²) < 4.78 is 34.9. The molecule has 0 bridgehead atoms. The number of carbonyl (C=O) groups is 3. The summed E-state index contributed by atoms with van der Waals surface area (Å²) in [6.45, 7) is 1.55. The minimum absolute atomic E-state index is 0.0366. The number of likely N-dealkylation sites (tertiary alicyclic amines) is 1. The lowest BCUT2D eigenvalue weighted by molar-refractivity contribution is -0.144. The molecule has 16 heteroatoms. The maximum absolute atomic E-state index is 14.5. The van der Waals surface area contributed by atoms with Crippen LogP contribution in [-0.2, 0) is 9.59 Å². The number of carbonyl (C=O) groups excluding carboxylic acids is 3. The smallest absolute Gasteiger partial charge is 0.413 e. The molecule has 0 radical (unpaired) electrons. The van der Waals surface area contributed by atoms with Crippen LogP contribution in [0.25, 0.3) is 22.3 Å². The fraction of sp³-hybridized carbons (Fsp3) is 0.532. The van der Waals surface area contributed by atoms with Gasteiger partial charge < -0.3 is 43.6 Å². The molecule has 2 aromatic heterocycles. The van der Waals surface area contributed by atoms with E-state index in [9.17, 15) is 14.4 Å². The number of ether oxygens (including phenoxy) is 6. The second kappa shape index (κ2) is 17.6. The van der Waals surface area contributed by atoms with Crippen LogP contribution >= 0.6 is 0 Å². The molecule has 0 spiro atoms. The molecule has 4 aromatic rings. The van der Waals surface area contributed by atoms with Gasteiger partial charge in [0, 0.05) is 36.7 Å². The average molecular weight is 862 g/mol. The lowest BCUT2D eigenvalue weighted by Crippen LogP contribution is -2.57. The van der Waals surface area contributed by atoms with E-state index in [4.69, 9.17) is 33.5 Å². The van der Waals surface area contributed by atoms with Crippen LogP contribution < -0.4 is 33.7 Å². The third-order valence-corrected chi connectivity index (χ3v) is 13.9. The summed E-state index contributed by atoms with van der Waals surface area (Å²) in [5.41, 5.74) is 3.92. The number of piperidine rings is 1. The van der Waals surface area contributed by atoms with Crippen LogP contribution in [0.4, 0.5) is 4.79 Å². The van der Waals surface area contributed by atoms with Gasteiger partial charge >= 0.3 is 6.09 Å². The van der Waals surface area contributed by atoms with Crippen molar-refractivity contribution in [3.05, 3.63) is 48.4 Å². The highest BCUT2D eigenvalue weighted by atomic mass is 16.7. The molecule has 0 unspecified atom stereocenters. The number of aromatic amines is 1. The number of fused-ring (bicyclic) bond motifs is 3. The van der Waals surface area contributed by atoms with E-state index in [1.54, 1.807) is 25.4 Å². The molecule has 16 nitrogen and oxygen atoms in total. The minimum atomic E-state index is -0.769. The first-order chi connectivity index (χ1) is 30.9. The molecule has 5 heterocycles. The summed E-state index contributed by atoms with van der Waals surface area (Å²) >= 11 is 0. The minimum Gasteiger partial charge on any atom is -0.493 e. The van der Waals surface area contributed by atoms with Crippen molar-refractivity contribution in [1.29, 1.82) is 0 Å². The molecule has 2 N–H and O–H groups in total. The number of nitrogens with zero attached hydrogens (tertiary/aromatic N) is 5. The zero-order chi connectivity index (χ0) is 43.0. The van der Waals surface area contributed by atoms with Gasteiger partial charge in [0.1, 0.15) is 29.3 Å². The van der Waals surface area contributed by atoms with E-state index in [2.05, 4.69) is 20.3 Å². The Kier molecular flexibility index (Phi) is 11.4. The summed E-state index contributed by atoms with van der Waals surface area (Å²) in [7, 11) is 3.23. The number of aromatic nitrogens is 3. The number of H-pyrrole nitrogens is 1. The molecule has 3 aliphatic carbocycles. The van der Waals surface area contributed by atoms with Crippen LogP contribution in [0.15, 0.2) is 48.0 Å². The zero-order valence-electron chi connectivity index (χ0n) is 35.9. The van der Waals surface area contributed by atoms with Gasteiger partial charge in [-0.05, 0) is 93.5 Å². The predicted molar refractivity (Wildman–Crippen MR) is 231 cm³/mol. The van der Waals surface area contributed by atoms with E-state index in [1.807, 2.05) is 35.2 Å². The summed E-state index contributed by atoms with van der Waals surface area (Å²) in [5, 5.41) is 9.82. The fourth-order valence-electron chi connectivity index (χ4n) is 10.3. The summed E-state index contributed by atoms with van der Waals surface area (Å²) in [4.78, 5) is 56.7. The Labute approximate surface area is 366 Å². The first-order valence-corrected chi connectivity index (χ1v) is 22.7. The monoisotopic (exact) mass is 861 g/mol. The van der Waals surface area contributed by atoms with Crippen molar-refractivity contribution in [3.63, 3.8) is 0 Å². The van der Waals surface area contributed by atoms with E-state index in [0.717, 1.165) is 81.9 Å². The first-order valence-electron chi connectivity index (χ1n) is 22.7. The van der Waals surface area contributed by atoms with E-state index in [-0.39, 0.29) is 48.2 Å². The normalized spacial score (nSPS) is 22.0. The molecular weight excluding hydrogens is 807 g/mol. The van der Waals surface area contributed by atoms with Crippen molar-refractivity contribution in [2.75, 3.05) is 40.7 Å². The van der Waals surface area contributed by atoms with E-state index in [0.29, 0.717) is 89.5 Å². The van der Waals surface area contributed by atoms with E-state index in [1.165, 1.54) is 6.33 Å². The van der Waals surface area contributed by atoms with E-state index >= 15 is 0 Å². The Morgan fingerprint density at radius 3 is 2.40 bits per heavy atom. The van der Waals surface area contributed by atoms with Gasteiger partial charge in [-0.1, -0.05) is 32.1 Å². The van der Waals surface area contributed by atoms with E-state index < -0.39 is 12.1 Å². The standard InChI is InChI=1S/C47H55N7O9/c1-58-33-15-14-29(22-36(33)59-2)39-31-10-6-7-11-32(31)45(55)54(52-39)30-18-20-53(21-19-30)46(56)40(28-8-4-3-5-9-28)51-47(57)63-37-23-48-43-41(37)49-25-50-42(43)38-34(60-24-27-12-13-27)16-17-35-44(38)62-26-61-35/h14-17,22-23,25,27-28,30-32,40,48H,3-13,18-21,24,26H2,1-2H3,(H,51,57)/t31-,32+,40+/m0/s1. The number of hydrogen-bond acceptors (Lipinski definition) is 12. The molecule has 1 saturated heterocycles. The molecule has 3 aliphatic heterocycles. The SMILES string of the molecule is COc1ccc(C2=NN(C3CCN(C(=O)[C@H](NC(=O)Oc4c[nH]c5c(-c6c(OCC7CC7)ccc7c6OCO7)ncnc45)C4CCCCC4)CC3)C(=O)[C@@H]3CCCC[C@H]23)cc1OC. The number of hydrazone groups is 1. The molecular formula is C47H55N7O9. The zero-order valence-corrected chi connectivity index (χ0v) is 35.9. The van der Waals surface area contributed by atoms with Crippen molar-refractivity contribution in [1.82, 2.24) is 30.2 Å². The number of amides is 3. The topological polar surface area (TPSA) is 179 Å². The van der Waals surface area contributed by atoms with Gasteiger partial charge in [-0.2, -0.15) is 5.10 Å². The first kappa shape index (κ1) is 41.0. The number of rotatable bonds is 12. The van der Waals surface area contributed by atoms with Crippen molar-refractivity contribution in [2.45, 2.75) is 95.6 Å². The second-order valence-electron chi connectivity index (χ2n) is 17.7. The molecule has 3 saturated carbocycles. The Morgan fingerprint density at radius 1 is 0.857 bits per heavy atom. The molecule has 10 rings (SSSR count). The molecule has 3 atom stereocenters. The Morgan fingerprint density at radius 2 is 1.62 bits per heavy atom. The maximum Gasteiger partial charge on any atom is 0.413 e. The fourth-order valence-corrected chi connectivity index (χ4v) is 10.3. The molecule has 2 aromatic carbocycles. The summed E-state index contributed by atoms with van der Waals surface area (Å²) in [5.74, 6) is 3.54. The third kappa shape index (κ3) is 8.08. The number of hydrogen-bond donors (Lipinski definition) is 2. The van der Waals surface area contributed by atoms with Crippen LogP contribution in [0.5, 0.6) is 34.5 Å². The van der Waals surface area contributed by atoms with Gasteiger partial charge in [0.2, 0.25) is 18.6 Å². The highest BCUT2D eigenvalue weighted by molar-refractivity contribution is 6.07. The van der Waals surface area contributed by atoms with Crippen molar-refractivity contribution < 1.29 is 42.8 Å². The van der Waals surface area contributed by atoms with Crippen LogP contribution in [-0.4, -0.2) is 101 Å². The Hall–Kier alpha value is -6.06. The van der Waals surface area contributed by atoms with Gasteiger partial charge in [-0.25, -0.2) is 19.8 Å². The van der Waals surface area contributed by atoms with Gasteiger partial charge in [0.25, 0.3) is 0 Å². The van der Waals surface area contributed by atoms with Gasteiger partial charge in [0.05, 0.1) is 43.7 Å². The molecule has 4 fully saturated rings. The molecule has 332 valence electrons. The van der Waals surface area contributed by atoms with Crippen LogP contribution in [0.1, 0.15) is 89.0 Å². The van der Waals surface area contributed by atoms with Crippen LogP contribution in [0.3, 0.4) is 0 Å². The highest BCUT2D eigenvalue weighted by Gasteiger charge is 2.45.